The summed E-state index contributed by atoms with van der Waals surface area (Å²) in [6, 6.07) is 1.52. The maximum Gasteiger partial charge on any atom is 0.391 e. The van der Waals surface area contributed by atoms with Crippen molar-refractivity contribution >= 4 is 33.1 Å². The topological polar surface area (TPSA) is 96.8 Å². The molecule has 0 radical (unpaired) electrons. The summed E-state index contributed by atoms with van der Waals surface area (Å²) < 4.78 is 66.6. The first kappa shape index (κ1) is 24.5. The summed E-state index contributed by atoms with van der Waals surface area (Å²) in [6.45, 7) is 3.22. The van der Waals surface area contributed by atoms with Gasteiger partial charge in [0, 0.05) is 25.7 Å². The Morgan fingerprint density at radius 2 is 1.82 bits per heavy atom. The van der Waals surface area contributed by atoms with Gasteiger partial charge in [0.15, 0.2) is 5.82 Å². The van der Waals surface area contributed by atoms with Crippen LogP contribution >= 0.6 is 11.6 Å². The molecule has 13 heteroatoms. The summed E-state index contributed by atoms with van der Waals surface area (Å²) in [4.78, 5) is 6.51. The Labute approximate surface area is 196 Å². The number of aryl methyl sites for hydroxylation is 1. The quantitative estimate of drug-likeness (QED) is 0.666. The molecule has 2 aromatic rings. The zero-order valence-electron chi connectivity index (χ0n) is 18.3. The maximum atomic E-state index is 13.0. The second-order valence-corrected chi connectivity index (χ2v) is 11.0. The summed E-state index contributed by atoms with van der Waals surface area (Å²) >= 11 is 6.23. The van der Waals surface area contributed by atoms with Crippen LogP contribution in [0.15, 0.2) is 12.4 Å². The summed E-state index contributed by atoms with van der Waals surface area (Å²) in [5.74, 6) is -0.678. The predicted octanol–water partition coefficient (Wildman–Crippen LogP) is 3.53. The molecule has 0 aromatic carbocycles. The lowest BCUT2D eigenvalue weighted by atomic mass is 9.81. The molecule has 0 atom stereocenters. The molecule has 2 N–H and O–H groups in total. The molecule has 184 valence electrons. The third-order valence-corrected chi connectivity index (χ3v) is 8.30. The average Bonchev–Trinajstić information content (AvgIpc) is 3.05. The lowest BCUT2D eigenvalue weighted by Crippen LogP contribution is -2.51. The Morgan fingerprint density at radius 3 is 2.39 bits per heavy atom. The van der Waals surface area contributed by atoms with Gasteiger partial charge >= 0.3 is 6.18 Å². The van der Waals surface area contributed by atoms with Gasteiger partial charge in [-0.25, -0.2) is 14.6 Å². The Morgan fingerprint density at radius 1 is 1.18 bits per heavy atom. The van der Waals surface area contributed by atoms with Crippen LogP contribution < -0.4 is 10.0 Å². The number of nitrogens with zero attached hydrogens (tertiary/aromatic N) is 5. The lowest BCUT2D eigenvalue weighted by molar-refractivity contribution is -0.184. The maximum absolute atomic E-state index is 13.0. The number of hydrogen-bond acceptors (Lipinski definition) is 5. The smallest absolute Gasteiger partial charge is 0.355 e. The van der Waals surface area contributed by atoms with E-state index in [2.05, 4.69) is 15.0 Å². The molecular weight excluding hydrogens is 481 g/mol. The molecule has 1 aliphatic heterocycles. The highest BCUT2D eigenvalue weighted by molar-refractivity contribution is 7.86. The van der Waals surface area contributed by atoms with Gasteiger partial charge in [0.2, 0.25) is 0 Å². The van der Waals surface area contributed by atoms with E-state index in [9.17, 15) is 21.6 Å². The second-order valence-electron chi connectivity index (χ2n) is 9.09. The highest BCUT2D eigenvalue weighted by atomic mass is 35.5. The molecule has 1 aliphatic carbocycles. The number of anilines is 1. The Hall–Kier alpha value is -1.63. The fourth-order valence-corrected chi connectivity index (χ4v) is 6.48. The van der Waals surface area contributed by atoms with Gasteiger partial charge in [-0.3, -0.25) is 0 Å². The second kappa shape index (κ2) is 9.20. The van der Waals surface area contributed by atoms with Crippen molar-refractivity contribution in [3.05, 3.63) is 23.1 Å². The van der Waals surface area contributed by atoms with Gasteiger partial charge in [-0.15, -0.1) is 0 Å². The van der Waals surface area contributed by atoms with Gasteiger partial charge in [0.1, 0.15) is 17.0 Å². The Balaban J connectivity index is 1.43. The highest BCUT2D eigenvalue weighted by Gasteiger charge is 2.42. The fourth-order valence-electron chi connectivity index (χ4n) is 5.14. The number of halogens is 4. The van der Waals surface area contributed by atoms with E-state index in [-0.39, 0.29) is 31.3 Å². The van der Waals surface area contributed by atoms with E-state index in [0.717, 1.165) is 16.9 Å². The van der Waals surface area contributed by atoms with Gasteiger partial charge in [-0.2, -0.15) is 31.0 Å². The first-order valence-corrected chi connectivity index (χ1v) is 12.9. The van der Waals surface area contributed by atoms with Gasteiger partial charge in [0.25, 0.3) is 10.2 Å². The normalized spacial score (nSPS) is 23.5. The van der Waals surface area contributed by atoms with Crippen LogP contribution in [-0.2, 0) is 10.2 Å². The molecule has 1 saturated heterocycles. The van der Waals surface area contributed by atoms with Crippen LogP contribution in [0.25, 0.3) is 5.52 Å². The summed E-state index contributed by atoms with van der Waals surface area (Å²) in [5.41, 5.74) is 1.75. The van der Waals surface area contributed by atoms with Crippen molar-refractivity contribution in [3.63, 3.8) is 0 Å². The van der Waals surface area contributed by atoms with E-state index in [1.54, 1.807) is 4.52 Å². The molecule has 8 nitrogen and oxygen atoms in total. The molecule has 2 fully saturated rings. The van der Waals surface area contributed by atoms with Crippen molar-refractivity contribution < 1.29 is 21.6 Å². The van der Waals surface area contributed by atoms with Crippen molar-refractivity contribution in [2.24, 2.45) is 17.0 Å². The minimum atomic E-state index is -4.19. The van der Waals surface area contributed by atoms with Crippen molar-refractivity contribution in [2.75, 3.05) is 24.5 Å². The van der Waals surface area contributed by atoms with E-state index in [4.69, 9.17) is 16.7 Å². The largest absolute Gasteiger partial charge is 0.391 e. The molecule has 1 saturated carbocycles. The molecule has 33 heavy (non-hydrogen) atoms. The van der Waals surface area contributed by atoms with Crippen LogP contribution in [0.2, 0.25) is 5.15 Å². The number of alkyl halides is 3. The number of aromatic nitrogens is 3. The SMILES string of the molecule is Cc1cc(Cl)n2ncnc(N3CCC(N(CC4CCC(C(F)(F)F)CC4)S(N)(=O)=O)CC3)c12. The zero-order valence-corrected chi connectivity index (χ0v) is 19.9. The Kier molecular flexibility index (Phi) is 6.83. The summed E-state index contributed by atoms with van der Waals surface area (Å²) in [5, 5.41) is 10.2. The average molecular weight is 509 g/mol. The standard InChI is InChI=1S/C20H28ClF3N6O2S/c1-13-10-17(21)30-18(13)19(26-12-27-30)28-8-6-16(7-9-28)29(33(25,31)32)11-14-2-4-15(5-3-14)20(22,23)24/h10,12,14-16H,2-9,11H2,1H3,(H2,25,31,32). The van der Waals surface area contributed by atoms with Crippen LogP contribution in [0.3, 0.4) is 0 Å². The van der Waals surface area contributed by atoms with Crippen LogP contribution in [0.5, 0.6) is 0 Å². The van der Waals surface area contributed by atoms with Crippen molar-refractivity contribution in [3.8, 4) is 0 Å². The van der Waals surface area contributed by atoms with Crippen LogP contribution in [0.4, 0.5) is 19.0 Å². The lowest BCUT2D eigenvalue weighted by Gasteiger charge is -2.40. The molecule has 2 aromatic heterocycles. The molecule has 0 spiro atoms. The number of nitrogens with two attached hydrogens (primary N) is 1. The van der Waals surface area contributed by atoms with Gasteiger partial charge < -0.3 is 4.90 Å². The predicted molar refractivity (Wildman–Crippen MR) is 119 cm³/mol. The number of fused-ring (bicyclic) bond motifs is 1. The fraction of sp³-hybridized carbons (Fsp3) is 0.700. The Bertz CT molecular complexity index is 1090. The molecule has 0 amide bonds. The number of hydrogen-bond donors (Lipinski definition) is 1. The number of rotatable bonds is 5. The zero-order chi connectivity index (χ0) is 24.0. The monoisotopic (exact) mass is 508 g/mol. The molecule has 0 unspecified atom stereocenters. The van der Waals surface area contributed by atoms with E-state index in [1.807, 2.05) is 13.0 Å². The third kappa shape index (κ3) is 5.23. The first-order chi connectivity index (χ1) is 15.4. The van der Waals surface area contributed by atoms with Crippen molar-refractivity contribution in [1.29, 1.82) is 0 Å². The van der Waals surface area contributed by atoms with E-state index < -0.39 is 22.3 Å². The summed E-state index contributed by atoms with van der Waals surface area (Å²) in [6.07, 6.45) is -0.900. The molecule has 0 bridgehead atoms. The van der Waals surface area contributed by atoms with Gasteiger partial charge in [0.05, 0.1) is 5.92 Å². The first-order valence-electron chi connectivity index (χ1n) is 11.0. The molecule has 3 heterocycles. The van der Waals surface area contributed by atoms with E-state index in [0.29, 0.717) is 43.9 Å². The van der Waals surface area contributed by atoms with Crippen LogP contribution in [0.1, 0.15) is 44.1 Å². The molecular formula is C20H28ClF3N6O2S. The van der Waals surface area contributed by atoms with Crippen molar-refractivity contribution in [2.45, 2.75) is 57.7 Å². The van der Waals surface area contributed by atoms with Crippen LogP contribution in [-0.4, -0.2) is 59.2 Å². The number of piperidine rings is 1. The third-order valence-electron chi connectivity index (χ3n) is 6.93. The summed E-state index contributed by atoms with van der Waals surface area (Å²) in [7, 11) is -3.98. The van der Waals surface area contributed by atoms with Crippen molar-refractivity contribution in [1.82, 2.24) is 18.9 Å². The van der Waals surface area contributed by atoms with E-state index in [1.165, 1.54) is 10.6 Å². The van der Waals surface area contributed by atoms with Gasteiger partial charge in [-0.05, 0) is 63.0 Å². The van der Waals surface area contributed by atoms with Crippen LogP contribution in [0, 0.1) is 18.8 Å². The highest BCUT2D eigenvalue weighted by Crippen LogP contribution is 2.40. The minimum Gasteiger partial charge on any atom is -0.355 e. The van der Waals surface area contributed by atoms with E-state index >= 15 is 0 Å². The minimum absolute atomic E-state index is 0.0357. The van der Waals surface area contributed by atoms with Gasteiger partial charge in [-0.1, -0.05) is 11.6 Å². The molecule has 4 rings (SSSR count). The molecule has 2 aliphatic rings.